The molecule has 0 bridgehead atoms. The van der Waals surface area contributed by atoms with E-state index in [0.29, 0.717) is 12.0 Å². The summed E-state index contributed by atoms with van der Waals surface area (Å²) in [5.74, 6) is -0.660. The summed E-state index contributed by atoms with van der Waals surface area (Å²) in [6.07, 6.45) is 1.21. The van der Waals surface area contributed by atoms with Gasteiger partial charge >= 0.3 is 5.97 Å². The minimum Gasteiger partial charge on any atom is -0.462 e. The van der Waals surface area contributed by atoms with Crippen molar-refractivity contribution in [2.75, 3.05) is 6.61 Å². The van der Waals surface area contributed by atoms with Crippen LogP contribution in [-0.4, -0.2) is 24.6 Å². The molecule has 0 amide bonds. The molecule has 0 aliphatic carbocycles. The molecule has 0 heterocycles. The van der Waals surface area contributed by atoms with Crippen molar-refractivity contribution in [3.8, 4) is 0 Å². The van der Waals surface area contributed by atoms with E-state index in [4.69, 9.17) is 10.1 Å². The van der Waals surface area contributed by atoms with Gasteiger partial charge in [-0.3, -0.25) is 4.79 Å². The van der Waals surface area contributed by atoms with Crippen LogP contribution >= 0.6 is 0 Å². The molecule has 0 spiro atoms. The van der Waals surface area contributed by atoms with Crippen LogP contribution in [0.3, 0.4) is 0 Å². The van der Waals surface area contributed by atoms with Crippen LogP contribution in [-0.2, 0) is 9.53 Å². The van der Waals surface area contributed by atoms with Crippen LogP contribution in [0, 0.1) is 10.8 Å². The second-order valence-electron chi connectivity index (χ2n) is 4.64. The van der Waals surface area contributed by atoms with Gasteiger partial charge in [-0.05, 0) is 18.6 Å². The molecule has 0 aliphatic heterocycles. The number of ether oxygens (including phenoxy) is 1. The molecule has 0 radical (unpaired) electrons. The minimum atomic E-state index is -0.668. The lowest BCUT2D eigenvalue weighted by Crippen LogP contribution is -2.27. The maximum atomic E-state index is 11.6. The second-order valence-corrected chi connectivity index (χ2v) is 4.64. The summed E-state index contributed by atoms with van der Waals surface area (Å²) in [5, 5.41) is 6.94. The Morgan fingerprint density at radius 2 is 1.89 bits per heavy atom. The van der Waals surface area contributed by atoms with Gasteiger partial charge in [0.25, 0.3) is 0 Å². The van der Waals surface area contributed by atoms with Crippen LogP contribution in [0.5, 0.6) is 0 Å². The molecule has 0 saturated carbocycles. The third-order valence-corrected chi connectivity index (χ3v) is 2.77. The van der Waals surface area contributed by atoms with Crippen molar-refractivity contribution in [1.29, 1.82) is 5.41 Å². The SMILES string of the molecule is CC(C)(CCOC(=O)c1ccccc1)C(=O)C=N. The first-order valence-electron chi connectivity index (χ1n) is 5.74. The van der Waals surface area contributed by atoms with E-state index in [0.717, 1.165) is 6.21 Å². The summed E-state index contributed by atoms with van der Waals surface area (Å²) in [6.45, 7) is 3.63. The average Bonchev–Trinajstić information content (AvgIpc) is 2.38. The van der Waals surface area contributed by atoms with E-state index in [-0.39, 0.29) is 12.4 Å². The molecule has 4 nitrogen and oxygen atoms in total. The number of rotatable bonds is 6. The van der Waals surface area contributed by atoms with E-state index in [9.17, 15) is 9.59 Å². The highest BCUT2D eigenvalue weighted by atomic mass is 16.5. The number of carbonyl (C=O) groups excluding carboxylic acids is 2. The summed E-state index contributed by atoms with van der Waals surface area (Å²) in [5.41, 5.74) is -0.174. The van der Waals surface area contributed by atoms with Crippen molar-refractivity contribution in [2.24, 2.45) is 5.41 Å². The summed E-state index contributed by atoms with van der Waals surface area (Å²) >= 11 is 0. The molecule has 0 fully saturated rings. The van der Waals surface area contributed by atoms with Gasteiger partial charge in [-0.15, -0.1) is 0 Å². The van der Waals surface area contributed by atoms with Crippen molar-refractivity contribution in [2.45, 2.75) is 20.3 Å². The Kier molecular flexibility index (Phi) is 4.77. The predicted molar refractivity (Wildman–Crippen MR) is 68.9 cm³/mol. The van der Waals surface area contributed by atoms with Crippen molar-refractivity contribution in [3.05, 3.63) is 35.9 Å². The number of hydrogen-bond donors (Lipinski definition) is 1. The van der Waals surface area contributed by atoms with Gasteiger partial charge in [0, 0.05) is 5.41 Å². The van der Waals surface area contributed by atoms with E-state index in [1.807, 2.05) is 6.07 Å². The quantitative estimate of drug-likeness (QED) is 0.620. The van der Waals surface area contributed by atoms with Crippen LogP contribution in [0.15, 0.2) is 30.3 Å². The van der Waals surface area contributed by atoms with Gasteiger partial charge in [-0.2, -0.15) is 0 Å². The number of esters is 1. The van der Waals surface area contributed by atoms with Crippen molar-refractivity contribution >= 4 is 18.0 Å². The summed E-state index contributed by atoms with van der Waals surface area (Å²) in [7, 11) is 0. The average molecular weight is 247 g/mol. The number of hydrogen-bond acceptors (Lipinski definition) is 4. The molecule has 96 valence electrons. The maximum Gasteiger partial charge on any atom is 0.338 e. The van der Waals surface area contributed by atoms with Gasteiger partial charge in [-0.25, -0.2) is 4.79 Å². The van der Waals surface area contributed by atoms with Crippen molar-refractivity contribution < 1.29 is 14.3 Å². The third-order valence-electron chi connectivity index (χ3n) is 2.77. The molecule has 0 aromatic heterocycles. The fraction of sp³-hybridized carbons (Fsp3) is 0.357. The van der Waals surface area contributed by atoms with Gasteiger partial charge in [0.15, 0.2) is 5.78 Å². The van der Waals surface area contributed by atoms with Crippen LogP contribution in [0.2, 0.25) is 0 Å². The predicted octanol–water partition coefficient (Wildman–Crippen LogP) is 2.48. The van der Waals surface area contributed by atoms with Crippen LogP contribution in [0.25, 0.3) is 0 Å². The van der Waals surface area contributed by atoms with Crippen LogP contribution in [0.1, 0.15) is 30.6 Å². The van der Waals surface area contributed by atoms with E-state index >= 15 is 0 Å². The lowest BCUT2D eigenvalue weighted by atomic mass is 9.85. The van der Waals surface area contributed by atoms with Crippen molar-refractivity contribution in [3.63, 3.8) is 0 Å². The van der Waals surface area contributed by atoms with Crippen LogP contribution < -0.4 is 0 Å². The number of nitrogens with one attached hydrogen (secondary N) is 1. The number of carbonyl (C=O) groups is 2. The monoisotopic (exact) mass is 247 g/mol. The van der Waals surface area contributed by atoms with Gasteiger partial charge in [0.1, 0.15) is 0 Å². The zero-order valence-corrected chi connectivity index (χ0v) is 10.6. The molecule has 1 aromatic carbocycles. The Balaban J connectivity index is 2.45. The Bertz CT molecular complexity index is 438. The largest absolute Gasteiger partial charge is 0.462 e. The molecular weight excluding hydrogens is 230 g/mol. The highest BCUT2D eigenvalue weighted by Crippen LogP contribution is 2.20. The number of Topliss-reactive ketones (excluding diaryl/α,β-unsaturated/α-hetero) is 1. The zero-order valence-electron chi connectivity index (χ0n) is 10.6. The number of ketones is 1. The third kappa shape index (κ3) is 3.80. The lowest BCUT2D eigenvalue weighted by molar-refractivity contribution is -0.120. The smallest absolute Gasteiger partial charge is 0.338 e. The Labute approximate surface area is 106 Å². The zero-order chi connectivity index (χ0) is 13.6. The Morgan fingerprint density at radius 3 is 2.44 bits per heavy atom. The fourth-order valence-electron chi connectivity index (χ4n) is 1.38. The molecule has 0 atom stereocenters. The second kappa shape index (κ2) is 6.10. The highest BCUT2D eigenvalue weighted by Gasteiger charge is 2.25. The normalized spacial score (nSPS) is 10.8. The lowest BCUT2D eigenvalue weighted by Gasteiger charge is -2.20. The van der Waals surface area contributed by atoms with Gasteiger partial charge in [0.2, 0.25) is 0 Å². The Hall–Kier alpha value is -1.97. The first-order valence-corrected chi connectivity index (χ1v) is 5.74. The topological polar surface area (TPSA) is 67.2 Å². The first-order chi connectivity index (χ1) is 8.47. The van der Waals surface area contributed by atoms with Gasteiger partial charge < -0.3 is 10.1 Å². The molecule has 1 N–H and O–H groups in total. The number of benzene rings is 1. The molecule has 0 unspecified atom stereocenters. The molecule has 1 aromatic rings. The van der Waals surface area contributed by atoms with Crippen molar-refractivity contribution in [1.82, 2.24) is 0 Å². The van der Waals surface area contributed by atoms with Gasteiger partial charge in [-0.1, -0.05) is 32.0 Å². The first kappa shape index (κ1) is 14.1. The molecule has 4 heteroatoms. The Morgan fingerprint density at radius 1 is 1.28 bits per heavy atom. The maximum absolute atomic E-state index is 11.6. The van der Waals surface area contributed by atoms with E-state index in [2.05, 4.69) is 0 Å². The summed E-state index contributed by atoms with van der Waals surface area (Å²) < 4.78 is 5.09. The minimum absolute atomic E-state index is 0.167. The molecule has 18 heavy (non-hydrogen) atoms. The molecular formula is C14H17NO3. The van der Waals surface area contributed by atoms with E-state index in [1.165, 1.54) is 0 Å². The summed E-state index contributed by atoms with van der Waals surface area (Å²) in [6, 6.07) is 8.70. The molecule has 0 saturated heterocycles. The van der Waals surface area contributed by atoms with E-state index in [1.54, 1.807) is 38.1 Å². The highest BCUT2D eigenvalue weighted by molar-refractivity contribution is 6.28. The van der Waals surface area contributed by atoms with Crippen LogP contribution in [0.4, 0.5) is 0 Å². The molecule has 1 rings (SSSR count). The van der Waals surface area contributed by atoms with Gasteiger partial charge in [0.05, 0.1) is 18.4 Å². The fourth-order valence-corrected chi connectivity index (χ4v) is 1.38. The molecule has 0 aliphatic rings. The standard InChI is InChI=1S/C14H17NO3/c1-14(2,12(16)10-15)8-9-18-13(17)11-6-4-3-5-7-11/h3-7,10,15H,8-9H2,1-2H3. The van der Waals surface area contributed by atoms with E-state index < -0.39 is 11.4 Å². The summed E-state index contributed by atoms with van der Waals surface area (Å²) in [4.78, 5) is 23.0.